The normalized spacial score (nSPS) is 19.7. The van der Waals surface area contributed by atoms with Crippen LogP contribution in [0.25, 0.3) is 0 Å². The molecule has 20 heavy (non-hydrogen) atoms. The van der Waals surface area contributed by atoms with Gasteiger partial charge in [-0.05, 0) is 37.6 Å². The predicted octanol–water partition coefficient (Wildman–Crippen LogP) is 2.15. The number of benzene rings is 1. The van der Waals surface area contributed by atoms with Gasteiger partial charge in [0.25, 0.3) is 5.91 Å². The third kappa shape index (κ3) is 3.50. The highest BCUT2D eigenvalue weighted by molar-refractivity contribution is 9.10. The van der Waals surface area contributed by atoms with Crippen LogP contribution in [0.3, 0.4) is 0 Å². The van der Waals surface area contributed by atoms with E-state index in [1.165, 1.54) is 0 Å². The van der Waals surface area contributed by atoms with Crippen molar-refractivity contribution in [1.29, 1.82) is 0 Å². The Bertz CT molecular complexity index is 502. The number of likely N-dealkylation sites (tertiary alicyclic amines) is 1. The molecule has 1 aliphatic rings. The zero-order valence-corrected chi connectivity index (χ0v) is 12.7. The summed E-state index contributed by atoms with van der Waals surface area (Å²) in [6, 6.07) is 7.22. The molecule has 108 valence electrons. The number of nitrogens with zero attached hydrogens (tertiary/aromatic N) is 1. The zero-order chi connectivity index (χ0) is 14.7. The highest BCUT2D eigenvalue weighted by atomic mass is 79.9. The zero-order valence-electron chi connectivity index (χ0n) is 11.1. The standard InChI is InChI=1S/C14H16BrNO4/c1-9(20-12-4-2-11(15)3-5-12)13(17)16-7-6-10(8-16)14(18)19/h2-5,9-10H,6-8H2,1H3,(H,18,19)/t9-,10+/m0/s1. The number of ether oxygens (including phenoxy) is 1. The minimum Gasteiger partial charge on any atom is -0.481 e. The molecule has 0 aromatic heterocycles. The molecular weight excluding hydrogens is 326 g/mol. The number of amides is 1. The molecule has 1 saturated heterocycles. The Balaban J connectivity index is 1.92. The molecule has 0 saturated carbocycles. The van der Waals surface area contributed by atoms with Crippen LogP contribution in [0.1, 0.15) is 13.3 Å². The van der Waals surface area contributed by atoms with E-state index in [4.69, 9.17) is 9.84 Å². The molecule has 1 fully saturated rings. The van der Waals surface area contributed by atoms with Gasteiger partial charge in [-0.25, -0.2) is 0 Å². The van der Waals surface area contributed by atoms with Gasteiger partial charge in [-0.15, -0.1) is 0 Å². The number of carboxylic acid groups (broad SMARTS) is 1. The minimum atomic E-state index is -0.846. The van der Waals surface area contributed by atoms with E-state index in [0.29, 0.717) is 18.7 Å². The van der Waals surface area contributed by atoms with Crippen molar-refractivity contribution in [2.45, 2.75) is 19.4 Å². The van der Waals surface area contributed by atoms with E-state index in [1.807, 2.05) is 12.1 Å². The van der Waals surface area contributed by atoms with E-state index in [0.717, 1.165) is 4.47 Å². The first-order valence-electron chi connectivity index (χ1n) is 6.41. The molecule has 0 unspecified atom stereocenters. The van der Waals surface area contributed by atoms with E-state index in [2.05, 4.69) is 15.9 Å². The summed E-state index contributed by atoms with van der Waals surface area (Å²) in [6.45, 7) is 2.42. The fourth-order valence-electron chi connectivity index (χ4n) is 2.19. The summed E-state index contributed by atoms with van der Waals surface area (Å²) in [7, 11) is 0. The van der Waals surface area contributed by atoms with Crippen molar-refractivity contribution in [3.05, 3.63) is 28.7 Å². The third-order valence-electron chi connectivity index (χ3n) is 3.32. The number of rotatable bonds is 4. The third-order valence-corrected chi connectivity index (χ3v) is 3.85. The smallest absolute Gasteiger partial charge is 0.308 e. The molecule has 0 aliphatic carbocycles. The van der Waals surface area contributed by atoms with Gasteiger partial charge in [0.2, 0.25) is 0 Å². The lowest BCUT2D eigenvalue weighted by Gasteiger charge is -2.21. The van der Waals surface area contributed by atoms with Crippen molar-refractivity contribution >= 4 is 27.8 Å². The van der Waals surface area contributed by atoms with Gasteiger partial charge >= 0.3 is 5.97 Å². The lowest BCUT2D eigenvalue weighted by Crippen LogP contribution is -2.39. The highest BCUT2D eigenvalue weighted by Crippen LogP contribution is 2.20. The molecule has 2 atom stereocenters. The number of carboxylic acids is 1. The molecule has 0 radical (unpaired) electrons. The molecule has 1 aromatic rings. The van der Waals surface area contributed by atoms with Gasteiger partial charge in [-0.2, -0.15) is 0 Å². The Kier molecular flexibility index (Phi) is 4.65. The SMILES string of the molecule is C[C@H](Oc1ccc(Br)cc1)C(=O)N1CC[C@@H](C(=O)O)C1. The van der Waals surface area contributed by atoms with Crippen LogP contribution in [-0.2, 0) is 9.59 Å². The van der Waals surface area contributed by atoms with Gasteiger partial charge in [0, 0.05) is 17.6 Å². The molecule has 2 rings (SSSR count). The lowest BCUT2D eigenvalue weighted by atomic mass is 10.1. The predicted molar refractivity (Wildman–Crippen MR) is 76.6 cm³/mol. The van der Waals surface area contributed by atoms with Gasteiger partial charge < -0.3 is 14.7 Å². The first kappa shape index (κ1) is 14.8. The van der Waals surface area contributed by atoms with E-state index in [9.17, 15) is 9.59 Å². The number of hydrogen-bond acceptors (Lipinski definition) is 3. The second kappa shape index (κ2) is 6.26. The highest BCUT2D eigenvalue weighted by Gasteiger charge is 2.33. The molecule has 1 amide bonds. The Labute approximate surface area is 125 Å². The summed E-state index contributed by atoms with van der Waals surface area (Å²) in [5.74, 6) is -0.861. The molecule has 1 N–H and O–H groups in total. The number of carbonyl (C=O) groups is 2. The van der Waals surface area contributed by atoms with Crippen LogP contribution >= 0.6 is 15.9 Å². The first-order chi connectivity index (χ1) is 9.47. The van der Waals surface area contributed by atoms with Crippen molar-refractivity contribution in [3.8, 4) is 5.75 Å². The van der Waals surface area contributed by atoms with Crippen LogP contribution in [0.2, 0.25) is 0 Å². The Morgan fingerprint density at radius 2 is 2.05 bits per heavy atom. The number of aliphatic carboxylic acids is 1. The summed E-state index contributed by atoms with van der Waals surface area (Å²) >= 11 is 3.33. The maximum atomic E-state index is 12.2. The summed E-state index contributed by atoms with van der Waals surface area (Å²) in [6.07, 6.45) is -0.116. The van der Waals surface area contributed by atoms with Crippen molar-refractivity contribution in [2.24, 2.45) is 5.92 Å². The van der Waals surface area contributed by atoms with Crippen molar-refractivity contribution < 1.29 is 19.4 Å². The molecule has 1 aromatic carbocycles. The van der Waals surface area contributed by atoms with Crippen LogP contribution in [0.5, 0.6) is 5.75 Å². The Morgan fingerprint density at radius 3 is 2.60 bits per heavy atom. The van der Waals surface area contributed by atoms with E-state index >= 15 is 0 Å². The van der Waals surface area contributed by atoms with E-state index < -0.39 is 18.0 Å². The number of halogens is 1. The van der Waals surface area contributed by atoms with Crippen LogP contribution < -0.4 is 4.74 Å². The maximum absolute atomic E-state index is 12.2. The Morgan fingerprint density at radius 1 is 1.40 bits per heavy atom. The van der Waals surface area contributed by atoms with Crippen LogP contribution in [-0.4, -0.2) is 41.1 Å². The van der Waals surface area contributed by atoms with Gasteiger partial charge in [-0.1, -0.05) is 15.9 Å². The van der Waals surface area contributed by atoms with Crippen LogP contribution in [0.15, 0.2) is 28.7 Å². The van der Waals surface area contributed by atoms with Crippen molar-refractivity contribution in [3.63, 3.8) is 0 Å². The van der Waals surface area contributed by atoms with Crippen molar-refractivity contribution in [2.75, 3.05) is 13.1 Å². The summed E-state index contributed by atoms with van der Waals surface area (Å²) in [4.78, 5) is 24.6. The number of carbonyl (C=O) groups excluding carboxylic acids is 1. The Hall–Kier alpha value is -1.56. The van der Waals surface area contributed by atoms with Gasteiger partial charge in [-0.3, -0.25) is 9.59 Å². The van der Waals surface area contributed by atoms with Gasteiger partial charge in [0.15, 0.2) is 6.10 Å². The summed E-state index contributed by atoms with van der Waals surface area (Å²) < 4.78 is 6.52. The van der Waals surface area contributed by atoms with Gasteiger partial charge in [0.05, 0.1) is 5.92 Å². The molecule has 5 nitrogen and oxygen atoms in total. The fraction of sp³-hybridized carbons (Fsp3) is 0.429. The largest absolute Gasteiger partial charge is 0.481 e. The average molecular weight is 342 g/mol. The second-order valence-corrected chi connectivity index (χ2v) is 5.74. The molecule has 1 heterocycles. The average Bonchev–Trinajstić information content (AvgIpc) is 2.90. The first-order valence-corrected chi connectivity index (χ1v) is 7.20. The lowest BCUT2D eigenvalue weighted by molar-refractivity contribution is -0.142. The molecule has 0 bridgehead atoms. The summed E-state index contributed by atoms with van der Waals surface area (Å²) in [5.41, 5.74) is 0. The molecule has 1 aliphatic heterocycles. The molecular formula is C14H16BrNO4. The minimum absolute atomic E-state index is 0.170. The van der Waals surface area contributed by atoms with E-state index in [-0.39, 0.29) is 12.5 Å². The van der Waals surface area contributed by atoms with Crippen LogP contribution in [0.4, 0.5) is 0 Å². The second-order valence-electron chi connectivity index (χ2n) is 4.82. The maximum Gasteiger partial charge on any atom is 0.308 e. The van der Waals surface area contributed by atoms with Crippen LogP contribution in [0, 0.1) is 5.92 Å². The summed E-state index contributed by atoms with van der Waals surface area (Å²) in [5, 5.41) is 8.94. The monoisotopic (exact) mass is 341 g/mol. The topological polar surface area (TPSA) is 66.8 Å². The molecule has 0 spiro atoms. The number of hydrogen-bond donors (Lipinski definition) is 1. The quantitative estimate of drug-likeness (QED) is 0.911. The molecule has 6 heteroatoms. The fourth-order valence-corrected chi connectivity index (χ4v) is 2.45. The van der Waals surface area contributed by atoms with Crippen molar-refractivity contribution in [1.82, 2.24) is 4.90 Å². The van der Waals surface area contributed by atoms with E-state index in [1.54, 1.807) is 24.0 Å². The van der Waals surface area contributed by atoms with Gasteiger partial charge in [0.1, 0.15) is 5.75 Å².